The van der Waals surface area contributed by atoms with Gasteiger partial charge in [0, 0.05) is 6.07 Å². The van der Waals surface area contributed by atoms with Crippen LogP contribution in [-0.4, -0.2) is 38.1 Å². The van der Waals surface area contributed by atoms with Crippen LogP contribution < -0.4 is 14.2 Å². The summed E-state index contributed by atoms with van der Waals surface area (Å²) in [6, 6.07) is 3.41. The molecule has 5 heteroatoms. The first-order valence-corrected chi connectivity index (χ1v) is 7.22. The lowest BCUT2D eigenvalue weighted by Crippen LogP contribution is -2.15. The van der Waals surface area contributed by atoms with Gasteiger partial charge in [0.1, 0.15) is 5.75 Å². The van der Waals surface area contributed by atoms with Crippen LogP contribution in [0.3, 0.4) is 0 Å². The van der Waals surface area contributed by atoms with Gasteiger partial charge < -0.3 is 14.2 Å². The Labute approximate surface area is 117 Å². The van der Waals surface area contributed by atoms with E-state index in [0.29, 0.717) is 22.8 Å². The van der Waals surface area contributed by atoms with Crippen LogP contribution in [-0.2, 0) is 0 Å². The highest BCUT2D eigenvalue weighted by Gasteiger charge is 2.28. The molecule has 1 aliphatic rings. The number of carbonyl (C=O) groups excluding carboxylic acids is 1. The van der Waals surface area contributed by atoms with Crippen LogP contribution in [0.1, 0.15) is 23.2 Å². The van der Waals surface area contributed by atoms with Crippen LogP contribution in [0.25, 0.3) is 0 Å². The quantitative estimate of drug-likeness (QED) is 0.777. The van der Waals surface area contributed by atoms with E-state index in [-0.39, 0.29) is 11.0 Å². The Morgan fingerprint density at radius 1 is 1.11 bits per heavy atom. The number of carbonyl (C=O) groups is 1. The van der Waals surface area contributed by atoms with Gasteiger partial charge >= 0.3 is 0 Å². The van der Waals surface area contributed by atoms with E-state index < -0.39 is 0 Å². The van der Waals surface area contributed by atoms with Crippen molar-refractivity contribution in [2.45, 2.75) is 18.1 Å². The molecule has 104 valence electrons. The summed E-state index contributed by atoms with van der Waals surface area (Å²) in [7, 11) is 4.67. The molecule has 1 saturated heterocycles. The summed E-state index contributed by atoms with van der Waals surface area (Å²) >= 11 is 1.71. The number of hydrogen-bond acceptors (Lipinski definition) is 5. The molecule has 2 rings (SSSR count). The average molecular weight is 282 g/mol. The van der Waals surface area contributed by atoms with Crippen LogP contribution in [0.4, 0.5) is 0 Å². The monoisotopic (exact) mass is 282 g/mol. The fourth-order valence-corrected chi connectivity index (χ4v) is 3.41. The molecule has 1 aliphatic heterocycles. The lowest BCUT2D eigenvalue weighted by Gasteiger charge is -2.15. The van der Waals surface area contributed by atoms with Crippen LogP contribution in [0.5, 0.6) is 17.2 Å². The largest absolute Gasteiger partial charge is 0.496 e. The molecular weight excluding hydrogens is 264 g/mol. The van der Waals surface area contributed by atoms with Crippen molar-refractivity contribution >= 4 is 17.5 Å². The highest BCUT2D eigenvalue weighted by atomic mass is 32.2. The third-order valence-corrected chi connectivity index (χ3v) is 4.57. The maximum Gasteiger partial charge on any atom is 0.179 e. The summed E-state index contributed by atoms with van der Waals surface area (Å²) in [6.45, 7) is 0. The van der Waals surface area contributed by atoms with Gasteiger partial charge in [0.15, 0.2) is 17.3 Å². The Bertz CT molecular complexity index is 467. The third-order valence-electron chi connectivity index (χ3n) is 3.19. The molecule has 1 fully saturated rings. The van der Waals surface area contributed by atoms with Gasteiger partial charge in [-0.05, 0) is 24.7 Å². The Morgan fingerprint density at radius 3 is 2.26 bits per heavy atom. The van der Waals surface area contributed by atoms with E-state index in [4.69, 9.17) is 14.2 Å². The van der Waals surface area contributed by atoms with E-state index in [1.165, 1.54) is 0 Å². The molecule has 0 bridgehead atoms. The zero-order chi connectivity index (χ0) is 13.8. The van der Waals surface area contributed by atoms with Crippen LogP contribution in [0.2, 0.25) is 0 Å². The molecule has 0 amide bonds. The first-order chi connectivity index (χ1) is 9.21. The summed E-state index contributed by atoms with van der Waals surface area (Å²) in [6.07, 6.45) is 2.03. The molecule has 1 heterocycles. The molecule has 0 radical (unpaired) electrons. The van der Waals surface area contributed by atoms with E-state index in [1.54, 1.807) is 45.2 Å². The third kappa shape index (κ3) is 2.81. The molecular formula is C14H18O4S. The van der Waals surface area contributed by atoms with Crippen LogP contribution >= 0.6 is 11.8 Å². The molecule has 19 heavy (non-hydrogen) atoms. The smallest absolute Gasteiger partial charge is 0.179 e. The fourth-order valence-electron chi connectivity index (χ4n) is 2.18. The number of ether oxygens (including phenoxy) is 3. The van der Waals surface area contributed by atoms with Crippen molar-refractivity contribution in [1.82, 2.24) is 0 Å². The van der Waals surface area contributed by atoms with Gasteiger partial charge in [0.2, 0.25) is 0 Å². The second-order valence-electron chi connectivity index (χ2n) is 4.27. The molecule has 4 nitrogen and oxygen atoms in total. The number of ketones is 1. The second kappa shape index (κ2) is 6.19. The van der Waals surface area contributed by atoms with E-state index in [2.05, 4.69) is 0 Å². The summed E-state index contributed by atoms with van der Waals surface area (Å²) in [5.41, 5.74) is 0.569. The van der Waals surface area contributed by atoms with Crippen LogP contribution in [0.15, 0.2) is 12.1 Å². The maximum atomic E-state index is 12.5. The minimum Gasteiger partial charge on any atom is -0.496 e. The van der Waals surface area contributed by atoms with Gasteiger partial charge in [0.25, 0.3) is 0 Å². The number of Topliss-reactive ketones (excluding diaryl/α,β-unsaturated/α-hetero) is 1. The highest BCUT2D eigenvalue weighted by Crippen LogP contribution is 2.38. The van der Waals surface area contributed by atoms with Crippen molar-refractivity contribution in [1.29, 1.82) is 0 Å². The summed E-state index contributed by atoms with van der Waals surface area (Å²) < 4.78 is 15.8. The number of hydrogen-bond donors (Lipinski definition) is 0. The van der Waals surface area contributed by atoms with Crippen molar-refractivity contribution in [3.8, 4) is 17.2 Å². The molecule has 0 aromatic heterocycles. The SMILES string of the molecule is COc1cc(OC)c(C(=O)C2CCCS2)cc1OC. The molecule has 1 aromatic rings. The Balaban J connectivity index is 2.39. The normalized spacial score (nSPS) is 18.2. The summed E-state index contributed by atoms with van der Waals surface area (Å²) in [5, 5.41) is 0.0343. The van der Waals surface area contributed by atoms with E-state index >= 15 is 0 Å². The average Bonchev–Trinajstić information content (AvgIpc) is 2.99. The Kier molecular flexibility index (Phi) is 4.58. The predicted molar refractivity (Wildman–Crippen MR) is 75.9 cm³/mol. The number of benzene rings is 1. The number of rotatable bonds is 5. The Hall–Kier alpha value is -1.36. The van der Waals surface area contributed by atoms with Crippen molar-refractivity contribution in [3.63, 3.8) is 0 Å². The van der Waals surface area contributed by atoms with Crippen molar-refractivity contribution in [3.05, 3.63) is 17.7 Å². The molecule has 1 aromatic carbocycles. The van der Waals surface area contributed by atoms with Crippen LogP contribution in [0, 0.1) is 0 Å². The lowest BCUT2D eigenvalue weighted by atomic mass is 10.0. The van der Waals surface area contributed by atoms with Crippen molar-refractivity contribution in [2.24, 2.45) is 0 Å². The standard InChI is InChI=1S/C14H18O4S/c1-16-10-8-12(18-3)11(17-2)7-9(10)14(15)13-5-4-6-19-13/h7-8,13H,4-6H2,1-3H3. The number of thioether (sulfide) groups is 1. The van der Waals surface area contributed by atoms with Gasteiger partial charge in [0.05, 0.1) is 32.1 Å². The first-order valence-electron chi connectivity index (χ1n) is 6.17. The molecule has 1 atom stereocenters. The molecule has 1 unspecified atom stereocenters. The molecule has 0 N–H and O–H groups in total. The summed E-state index contributed by atoms with van der Waals surface area (Å²) in [4.78, 5) is 12.5. The van der Waals surface area contributed by atoms with Gasteiger partial charge in [-0.3, -0.25) is 4.79 Å². The topological polar surface area (TPSA) is 44.8 Å². The second-order valence-corrected chi connectivity index (χ2v) is 5.58. The maximum absolute atomic E-state index is 12.5. The van der Waals surface area contributed by atoms with Gasteiger partial charge in [-0.1, -0.05) is 0 Å². The van der Waals surface area contributed by atoms with E-state index in [0.717, 1.165) is 18.6 Å². The Morgan fingerprint density at radius 2 is 1.74 bits per heavy atom. The zero-order valence-electron chi connectivity index (χ0n) is 11.4. The van der Waals surface area contributed by atoms with Gasteiger partial charge in [-0.2, -0.15) is 11.8 Å². The van der Waals surface area contributed by atoms with Gasteiger partial charge in [-0.25, -0.2) is 0 Å². The molecule has 0 aliphatic carbocycles. The molecule has 0 spiro atoms. The van der Waals surface area contributed by atoms with Gasteiger partial charge in [-0.15, -0.1) is 0 Å². The van der Waals surface area contributed by atoms with Crippen molar-refractivity contribution in [2.75, 3.05) is 27.1 Å². The van der Waals surface area contributed by atoms with E-state index in [9.17, 15) is 4.79 Å². The zero-order valence-corrected chi connectivity index (χ0v) is 12.2. The predicted octanol–water partition coefficient (Wildman–Crippen LogP) is 2.79. The highest BCUT2D eigenvalue weighted by molar-refractivity contribution is 8.00. The summed E-state index contributed by atoms with van der Waals surface area (Å²) in [5.74, 6) is 2.81. The first kappa shape index (κ1) is 14.1. The minimum atomic E-state index is 0.0343. The number of methoxy groups -OCH3 is 3. The van der Waals surface area contributed by atoms with E-state index in [1.807, 2.05) is 0 Å². The lowest BCUT2D eigenvalue weighted by molar-refractivity contribution is 0.0985. The molecule has 0 saturated carbocycles. The minimum absolute atomic E-state index is 0.0343. The fraction of sp³-hybridized carbons (Fsp3) is 0.500. The van der Waals surface area contributed by atoms with Crippen molar-refractivity contribution < 1.29 is 19.0 Å².